The van der Waals surface area contributed by atoms with E-state index in [9.17, 15) is 4.79 Å². The second kappa shape index (κ2) is 8.62. The number of primary amides is 1. The number of carbonyl (C=O) groups excluding carboxylic acids is 1. The van der Waals surface area contributed by atoms with Crippen molar-refractivity contribution in [3.05, 3.63) is 59.3 Å². The second-order valence-electron chi connectivity index (χ2n) is 6.45. The molecule has 0 bridgehead atoms. The predicted octanol–water partition coefficient (Wildman–Crippen LogP) is 4.14. The Morgan fingerprint density at radius 2 is 2.07 bits per heavy atom. The minimum absolute atomic E-state index is 0.202. The van der Waals surface area contributed by atoms with Crippen LogP contribution in [0.15, 0.2) is 57.6 Å². The third-order valence-corrected chi connectivity index (χ3v) is 6.18. The first kappa shape index (κ1) is 19.4. The molecule has 4 aromatic rings. The second-order valence-corrected chi connectivity index (χ2v) is 8.25. The molecule has 0 saturated carbocycles. The molecule has 0 aliphatic carbocycles. The highest BCUT2D eigenvalue weighted by atomic mass is 32.2. The highest BCUT2D eigenvalue weighted by Gasteiger charge is 2.17. The van der Waals surface area contributed by atoms with E-state index in [1.54, 1.807) is 23.7 Å². The Hall–Kier alpha value is -2.91. The molecule has 0 unspecified atom stereocenters. The molecule has 0 aliphatic heterocycles. The summed E-state index contributed by atoms with van der Waals surface area (Å²) in [6.45, 7) is 2.46. The van der Waals surface area contributed by atoms with E-state index in [1.165, 1.54) is 17.3 Å². The van der Waals surface area contributed by atoms with Gasteiger partial charge in [0, 0.05) is 29.7 Å². The van der Waals surface area contributed by atoms with Crippen molar-refractivity contribution in [1.82, 2.24) is 19.7 Å². The standard InChI is InChI=1S/C20H19N5O2S2/c1-13-4-6-14(7-5-13)19-22-15(11-28-19)12-29-20-24-23-18(16-3-2-10-27-16)25(20)9-8-17(21)26/h2-7,10-11H,8-9,12H2,1H3,(H2,21,26). The summed E-state index contributed by atoms with van der Waals surface area (Å²) in [5.74, 6) is 1.46. The van der Waals surface area contributed by atoms with Crippen LogP contribution >= 0.6 is 23.1 Å². The van der Waals surface area contributed by atoms with Crippen molar-refractivity contribution in [3.8, 4) is 22.2 Å². The quantitative estimate of drug-likeness (QED) is 0.426. The topological polar surface area (TPSA) is 99.8 Å². The molecule has 0 spiro atoms. The molecule has 2 N–H and O–H groups in total. The van der Waals surface area contributed by atoms with Gasteiger partial charge in [-0.05, 0) is 19.1 Å². The lowest BCUT2D eigenvalue weighted by atomic mass is 10.2. The van der Waals surface area contributed by atoms with Crippen LogP contribution in [0.5, 0.6) is 0 Å². The van der Waals surface area contributed by atoms with Crippen molar-refractivity contribution in [3.63, 3.8) is 0 Å². The average Bonchev–Trinajstić information content (AvgIpc) is 3.45. The van der Waals surface area contributed by atoms with E-state index in [-0.39, 0.29) is 12.3 Å². The number of amides is 1. The van der Waals surface area contributed by atoms with Crippen molar-refractivity contribution < 1.29 is 9.21 Å². The minimum Gasteiger partial charge on any atom is -0.461 e. The number of furan rings is 1. The number of carbonyl (C=O) groups is 1. The molecule has 3 heterocycles. The largest absolute Gasteiger partial charge is 0.461 e. The Morgan fingerprint density at radius 1 is 1.24 bits per heavy atom. The molecule has 4 rings (SSSR count). The zero-order valence-corrected chi connectivity index (χ0v) is 17.4. The van der Waals surface area contributed by atoms with E-state index in [2.05, 4.69) is 46.8 Å². The molecule has 0 atom stereocenters. The van der Waals surface area contributed by atoms with E-state index in [0.717, 1.165) is 16.3 Å². The molecule has 0 fully saturated rings. The van der Waals surface area contributed by atoms with Crippen LogP contribution in [0.2, 0.25) is 0 Å². The predicted molar refractivity (Wildman–Crippen MR) is 113 cm³/mol. The lowest BCUT2D eigenvalue weighted by molar-refractivity contribution is -0.118. The van der Waals surface area contributed by atoms with Crippen molar-refractivity contribution >= 4 is 29.0 Å². The fourth-order valence-electron chi connectivity index (χ4n) is 2.75. The van der Waals surface area contributed by atoms with Crippen molar-refractivity contribution in [2.24, 2.45) is 5.73 Å². The van der Waals surface area contributed by atoms with E-state index in [4.69, 9.17) is 15.1 Å². The highest BCUT2D eigenvalue weighted by Crippen LogP contribution is 2.29. The molecule has 3 aromatic heterocycles. The van der Waals surface area contributed by atoms with Crippen LogP contribution in [0, 0.1) is 6.92 Å². The molecule has 0 saturated heterocycles. The Bertz CT molecular complexity index is 1100. The van der Waals surface area contributed by atoms with Crippen LogP contribution in [0.4, 0.5) is 0 Å². The monoisotopic (exact) mass is 425 g/mol. The number of aromatic nitrogens is 4. The van der Waals surface area contributed by atoms with E-state index in [0.29, 0.717) is 29.0 Å². The maximum atomic E-state index is 11.3. The number of rotatable bonds is 8. The average molecular weight is 426 g/mol. The number of benzene rings is 1. The summed E-state index contributed by atoms with van der Waals surface area (Å²) in [5.41, 5.74) is 8.64. The molecule has 29 heavy (non-hydrogen) atoms. The number of aryl methyl sites for hydroxylation is 1. The zero-order valence-electron chi connectivity index (χ0n) is 15.7. The maximum absolute atomic E-state index is 11.3. The normalized spacial score (nSPS) is 11.1. The number of hydrogen-bond donors (Lipinski definition) is 1. The number of thioether (sulfide) groups is 1. The molecule has 0 radical (unpaired) electrons. The van der Waals surface area contributed by atoms with Gasteiger partial charge in [0.15, 0.2) is 16.7 Å². The van der Waals surface area contributed by atoms with E-state index < -0.39 is 0 Å². The lowest BCUT2D eigenvalue weighted by Gasteiger charge is -2.07. The summed E-state index contributed by atoms with van der Waals surface area (Å²) in [4.78, 5) is 16.0. The SMILES string of the molecule is Cc1ccc(-c2nc(CSc3nnc(-c4ccco4)n3CCC(N)=O)cs2)cc1. The summed E-state index contributed by atoms with van der Waals surface area (Å²) in [6, 6.07) is 11.9. The third-order valence-electron chi connectivity index (χ3n) is 4.24. The van der Waals surface area contributed by atoms with Gasteiger partial charge in [-0.1, -0.05) is 41.6 Å². The van der Waals surface area contributed by atoms with Gasteiger partial charge in [-0.3, -0.25) is 9.36 Å². The summed E-state index contributed by atoms with van der Waals surface area (Å²) >= 11 is 3.14. The van der Waals surface area contributed by atoms with Gasteiger partial charge in [0.1, 0.15) is 5.01 Å². The van der Waals surface area contributed by atoms with Gasteiger partial charge in [-0.15, -0.1) is 21.5 Å². The van der Waals surface area contributed by atoms with Crippen molar-refractivity contribution in [1.29, 1.82) is 0 Å². The Morgan fingerprint density at radius 3 is 2.79 bits per heavy atom. The summed E-state index contributed by atoms with van der Waals surface area (Å²) in [7, 11) is 0. The van der Waals surface area contributed by atoms with E-state index in [1.807, 2.05) is 10.6 Å². The van der Waals surface area contributed by atoms with Gasteiger partial charge in [0.2, 0.25) is 5.91 Å². The fourth-order valence-corrected chi connectivity index (χ4v) is 4.54. The Labute approximate surface area is 176 Å². The summed E-state index contributed by atoms with van der Waals surface area (Å²) < 4.78 is 7.31. The van der Waals surface area contributed by atoms with Crippen LogP contribution in [0.25, 0.3) is 22.2 Å². The first-order valence-corrected chi connectivity index (χ1v) is 10.9. The Kier molecular flexibility index (Phi) is 5.77. The first-order chi connectivity index (χ1) is 14.1. The van der Waals surface area contributed by atoms with Crippen LogP contribution in [-0.2, 0) is 17.1 Å². The molecule has 7 nitrogen and oxygen atoms in total. The molecular formula is C20H19N5O2S2. The molecular weight excluding hydrogens is 406 g/mol. The van der Waals surface area contributed by atoms with Crippen molar-refractivity contribution in [2.45, 2.75) is 30.8 Å². The van der Waals surface area contributed by atoms with Gasteiger partial charge >= 0.3 is 0 Å². The lowest BCUT2D eigenvalue weighted by Crippen LogP contribution is -2.15. The molecule has 1 aromatic carbocycles. The van der Waals surface area contributed by atoms with Crippen molar-refractivity contribution in [2.75, 3.05) is 0 Å². The van der Waals surface area contributed by atoms with Gasteiger partial charge in [0.25, 0.3) is 0 Å². The minimum atomic E-state index is -0.373. The van der Waals surface area contributed by atoms with Crippen LogP contribution in [-0.4, -0.2) is 25.7 Å². The number of nitrogens with zero attached hydrogens (tertiary/aromatic N) is 4. The summed E-state index contributed by atoms with van der Waals surface area (Å²) in [6.07, 6.45) is 1.78. The summed E-state index contributed by atoms with van der Waals surface area (Å²) in [5, 5.41) is 12.3. The highest BCUT2D eigenvalue weighted by molar-refractivity contribution is 7.98. The number of nitrogens with two attached hydrogens (primary N) is 1. The van der Waals surface area contributed by atoms with E-state index >= 15 is 0 Å². The van der Waals surface area contributed by atoms with Crippen LogP contribution in [0.3, 0.4) is 0 Å². The number of hydrogen-bond acceptors (Lipinski definition) is 7. The first-order valence-electron chi connectivity index (χ1n) is 9.00. The van der Waals surface area contributed by atoms with Gasteiger partial charge < -0.3 is 10.2 Å². The van der Waals surface area contributed by atoms with Gasteiger partial charge in [0.05, 0.1) is 12.0 Å². The van der Waals surface area contributed by atoms with Gasteiger partial charge in [-0.2, -0.15) is 0 Å². The fraction of sp³-hybridized carbons (Fsp3) is 0.200. The molecule has 148 valence electrons. The third kappa shape index (κ3) is 4.57. The molecule has 0 aliphatic rings. The molecule has 1 amide bonds. The van der Waals surface area contributed by atoms with Crippen LogP contribution in [0.1, 0.15) is 17.7 Å². The van der Waals surface area contributed by atoms with Crippen LogP contribution < -0.4 is 5.73 Å². The molecule has 9 heteroatoms. The zero-order chi connectivity index (χ0) is 20.2. The smallest absolute Gasteiger partial charge is 0.219 e. The number of thiazole rings is 1. The Balaban J connectivity index is 1.51. The maximum Gasteiger partial charge on any atom is 0.219 e. The van der Waals surface area contributed by atoms with Gasteiger partial charge in [-0.25, -0.2) is 4.98 Å².